The molecule has 1 N–H and O–H groups in total. The minimum Gasteiger partial charge on any atom is -0.441 e. The summed E-state index contributed by atoms with van der Waals surface area (Å²) in [5, 5.41) is 4.66. The maximum atomic E-state index is 12.6. The summed E-state index contributed by atoms with van der Waals surface area (Å²) in [4.78, 5) is 30.9. The predicted octanol–water partition coefficient (Wildman–Crippen LogP) is 1.50. The molecule has 2 aromatic heterocycles. The standard InChI is InChI=1S/C14H16N4O3S/c19-11(10-8-18-6-7-22-12(18)16-10)17-4-1-2-14(3-5-17)9-15-13(20)21-14/h6-8H,1-5,9H2,(H,15,20)/t14-/m0/s1. The lowest BCUT2D eigenvalue weighted by Crippen LogP contribution is -2.36. The van der Waals surface area contributed by atoms with Crippen molar-refractivity contribution in [2.24, 2.45) is 0 Å². The Labute approximate surface area is 130 Å². The van der Waals surface area contributed by atoms with E-state index in [1.807, 2.05) is 20.9 Å². The molecule has 2 aliphatic heterocycles. The summed E-state index contributed by atoms with van der Waals surface area (Å²) in [6.07, 6.45) is 5.59. The number of carbonyl (C=O) groups is 2. The van der Waals surface area contributed by atoms with Crippen molar-refractivity contribution in [1.29, 1.82) is 0 Å². The topological polar surface area (TPSA) is 75.9 Å². The zero-order valence-corrected chi connectivity index (χ0v) is 12.8. The Morgan fingerprint density at radius 1 is 1.41 bits per heavy atom. The lowest BCUT2D eigenvalue weighted by molar-refractivity contribution is 0.0438. The third-order valence-corrected chi connectivity index (χ3v) is 5.13. The minimum absolute atomic E-state index is 0.0507. The second kappa shape index (κ2) is 4.98. The summed E-state index contributed by atoms with van der Waals surface area (Å²) in [5.74, 6) is -0.0507. The summed E-state index contributed by atoms with van der Waals surface area (Å²) in [6, 6.07) is 0. The van der Waals surface area contributed by atoms with Gasteiger partial charge in [-0.05, 0) is 12.8 Å². The van der Waals surface area contributed by atoms with Gasteiger partial charge in [-0.25, -0.2) is 9.78 Å². The number of fused-ring (bicyclic) bond motifs is 1. The van der Waals surface area contributed by atoms with Crippen LogP contribution in [0.5, 0.6) is 0 Å². The number of hydrogen-bond donors (Lipinski definition) is 1. The van der Waals surface area contributed by atoms with E-state index in [0.29, 0.717) is 31.7 Å². The van der Waals surface area contributed by atoms with E-state index < -0.39 is 5.60 Å². The van der Waals surface area contributed by atoms with Gasteiger partial charge in [0.2, 0.25) is 0 Å². The molecular weight excluding hydrogens is 304 g/mol. The first-order valence-electron chi connectivity index (χ1n) is 7.34. The maximum absolute atomic E-state index is 12.6. The third kappa shape index (κ3) is 2.23. The van der Waals surface area contributed by atoms with Crippen LogP contribution in [-0.2, 0) is 4.74 Å². The monoisotopic (exact) mass is 320 g/mol. The van der Waals surface area contributed by atoms with E-state index in [2.05, 4.69) is 10.3 Å². The molecule has 4 rings (SSSR count). The van der Waals surface area contributed by atoms with Gasteiger partial charge in [-0.3, -0.25) is 9.20 Å². The van der Waals surface area contributed by atoms with Crippen molar-refractivity contribution < 1.29 is 14.3 Å². The Balaban J connectivity index is 1.50. The number of alkyl carbamates (subject to hydrolysis) is 1. The quantitative estimate of drug-likeness (QED) is 0.864. The molecule has 1 atom stereocenters. The van der Waals surface area contributed by atoms with Gasteiger partial charge in [0.1, 0.15) is 11.3 Å². The predicted molar refractivity (Wildman–Crippen MR) is 80.0 cm³/mol. The summed E-state index contributed by atoms with van der Waals surface area (Å²) in [7, 11) is 0. The van der Waals surface area contributed by atoms with Crippen LogP contribution in [-0.4, -0.2) is 51.5 Å². The Morgan fingerprint density at radius 2 is 2.32 bits per heavy atom. The Hall–Kier alpha value is -2.09. The fourth-order valence-corrected chi connectivity index (χ4v) is 3.84. The molecule has 0 aromatic carbocycles. The van der Waals surface area contributed by atoms with Gasteiger partial charge >= 0.3 is 6.09 Å². The van der Waals surface area contributed by atoms with Crippen LogP contribution >= 0.6 is 11.3 Å². The molecule has 116 valence electrons. The van der Waals surface area contributed by atoms with Crippen LogP contribution in [0.25, 0.3) is 4.96 Å². The summed E-state index contributed by atoms with van der Waals surface area (Å²) in [5.41, 5.74) is 0.0325. The van der Waals surface area contributed by atoms with E-state index in [-0.39, 0.29) is 12.0 Å². The second-order valence-corrected chi connectivity index (χ2v) is 6.66. The van der Waals surface area contributed by atoms with Gasteiger partial charge in [0.05, 0.1) is 6.54 Å². The zero-order chi connectivity index (χ0) is 15.2. The molecule has 0 saturated carbocycles. The molecule has 7 nitrogen and oxygen atoms in total. The number of ether oxygens (including phenoxy) is 1. The average molecular weight is 320 g/mol. The van der Waals surface area contributed by atoms with Crippen molar-refractivity contribution in [1.82, 2.24) is 19.6 Å². The number of imidazole rings is 1. The molecule has 8 heteroatoms. The summed E-state index contributed by atoms with van der Waals surface area (Å²) >= 11 is 1.51. The van der Waals surface area contributed by atoms with Gasteiger partial charge in [0.15, 0.2) is 4.96 Å². The van der Waals surface area contributed by atoms with E-state index in [9.17, 15) is 9.59 Å². The van der Waals surface area contributed by atoms with Crippen molar-refractivity contribution >= 4 is 28.3 Å². The molecule has 2 saturated heterocycles. The minimum atomic E-state index is -0.444. The molecule has 0 unspecified atom stereocenters. The number of aromatic nitrogens is 2. The van der Waals surface area contributed by atoms with Crippen LogP contribution in [0, 0.1) is 0 Å². The zero-order valence-electron chi connectivity index (χ0n) is 11.9. The van der Waals surface area contributed by atoms with Crippen LogP contribution < -0.4 is 5.32 Å². The molecule has 4 heterocycles. The van der Waals surface area contributed by atoms with Gasteiger partial charge in [-0.2, -0.15) is 0 Å². The van der Waals surface area contributed by atoms with E-state index in [1.165, 1.54) is 11.3 Å². The van der Waals surface area contributed by atoms with Crippen LogP contribution in [0.15, 0.2) is 17.8 Å². The number of hydrogen-bond acceptors (Lipinski definition) is 5. The largest absolute Gasteiger partial charge is 0.441 e. The molecule has 2 fully saturated rings. The molecule has 0 aliphatic carbocycles. The Bertz CT molecular complexity index is 711. The van der Waals surface area contributed by atoms with E-state index >= 15 is 0 Å². The highest BCUT2D eigenvalue weighted by Gasteiger charge is 2.42. The van der Waals surface area contributed by atoms with Crippen molar-refractivity contribution in [3.8, 4) is 0 Å². The second-order valence-electron chi connectivity index (χ2n) is 5.79. The smallest absolute Gasteiger partial charge is 0.407 e. The summed E-state index contributed by atoms with van der Waals surface area (Å²) < 4.78 is 7.29. The van der Waals surface area contributed by atoms with Crippen molar-refractivity contribution in [2.45, 2.75) is 24.9 Å². The molecule has 0 radical (unpaired) electrons. The number of nitrogens with one attached hydrogen (secondary N) is 1. The van der Waals surface area contributed by atoms with Crippen LogP contribution in [0.3, 0.4) is 0 Å². The van der Waals surface area contributed by atoms with Gasteiger partial charge < -0.3 is 15.0 Å². The fourth-order valence-electron chi connectivity index (χ4n) is 3.14. The third-order valence-electron chi connectivity index (χ3n) is 4.36. The lowest BCUT2D eigenvalue weighted by atomic mass is 9.95. The number of thiazole rings is 1. The normalized spacial score (nSPS) is 25.3. The molecule has 22 heavy (non-hydrogen) atoms. The van der Waals surface area contributed by atoms with Crippen molar-refractivity contribution in [2.75, 3.05) is 19.6 Å². The SMILES string of the molecule is O=C1NC[C@@]2(CCCN(C(=O)c3cn4ccsc4n3)CC2)O1. The highest BCUT2D eigenvalue weighted by molar-refractivity contribution is 7.15. The number of amides is 2. The van der Waals surface area contributed by atoms with Gasteiger partial charge in [0.25, 0.3) is 5.91 Å². The van der Waals surface area contributed by atoms with E-state index in [0.717, 1.165) is 17.8 Å². The lowest BCUT2D eigenvalue weighted by Gasteiger charge is -2.24. The average Bonchev–Trinajstić information content (AvgIpc) is 3.13. The highest BCUT2D eigenvalue weighted by atomic mass is 32.1. The maximum Gasteiger partial charge on any atom is 0.407 e. The first-order chi connectivity index (χ1) is 10.7. The van der Waals surface area contributed by atoms with Gasteiger partial charge in [-0.15, -0.1) is 11.3 Å². The highest BCUT2D eigenvalue weighted by Crippen LogP contribution is 2.29. The number of likely N-dealkylation sites (tertiary alicyclic amines) is 1. The molecule has 1 spiro atoms. The molecule has 2 amide bonds. The van der Waals surface area contributed by atoms with Crippen LogP contribution in [0.2, 0.25) is 0 Å². The molecule has 2 aliphatic rings. The van der Waals surface area contributed by atoms with Gasteiger partial charge in [0, 0.05) is 37.3 Å². The van der Waals surface area contributed by atoms with E-state index in [1.54, 1.807) is 6.20 Å². The number of rotatable bonds is 1. The fraction of sp³-hybridized carbons (Fsp3) is 0.500. The van der Waals surface area contributed by atoms with Crippen LogP contribution in [0.1, 0.15) is 29.8 Å². The molecule has 0 bridgehead atoms. The Morgan fingerprint density at radius 3 is 3.09 bits per heavy atom. The van der Waals surface area contributed by atoms with E-state index in [4.69, 9.17) is 4.74 Å². The first-order valence-corrected chi connectivity index (χ1v) is 8.22. The van der Waals surface area contributed by atoms with Crippen LogP contribution in [0.4, 0.5) is 4.79 Å². The van der Waals surface area contributed by atoms with Gasteiger partial charge in [-0.1, -0.05) is 0 Å². The Kier molecular flexibility index (Phi) is 3.07. The van der Waals surface area contributed by atoms with Crippen molar-refractivity contribution in [3.63, 3.8) is 0 Å². The molecule has 2 aromatic rings. The first kappa shape index (κ1) is 13.6. The molecular formula is C14H16N4O3S. The summed E-state index contributed by atoms with van der Waals surface area (Å²) in [6.45, 7) is 1.79. The number of nitrogens with zero attached hydrogens (tertiary/aromatic N) is 3. The van der Waals surface area contributed by atoms with Crippen molar-refractivity contribution in [3.05, 3.63) is 23.5 Å². The number of carbonyl (C=O) groups excluding carboxylic acids is 2.